The van der Waals surface area contributed by atoms with Gasteiger partial charge in [-0.05, 0) is 32.1 Å². The molecule has 2 aliphatic rings. The zero-order valence-electron chi connectivity index (χ0n) is 8.58. The van der Waals surface area contributed by atoms with Gasteiger partial charge in [-0.15, -0.1) is 0 Å². The van der Waals surface area contributed by atoms with E-state index >= 15 is 0 Å². The Morgan fingerprint density at radius 3 is 2.79 bits per heavy atom. The molecule has 0 heterocycles. The molecule has 3 atom stereocenters. The van der Waals surface area contributed by atoms with Crippen molar-refractivity contribution in [3.05, 3.63) is 12.2 Å². The Labute approximate surface area is 84.4 Å². The number of fused-ring (bicyclic) bond motifs is 1. The van der Waals surface area contributed by atoms with E-state index in [2.05, 4.69) is 6.58 Å². The molecule has 0 amide bonds. The van der Waals surface area contributed by atoms with Crippen molar-refractivity contribution in [3.8, 4) is 0 Å². The van der Waals surface area contributed by atoms with Crippen molar-refractivity contribution in [3.63, 3.8) is 0 Å². The molecule has 2 saturated carbocycles. The van der Waals surface area contributed by atoms with Crippen molar-refractivity contribution in [1.82, 2.24) is 0 Å². The quantitative estimate of drug-likeness (QED) is 0.471. The molecule has 2 rings (SSSR count). The highest BCUT2D eigenvalue weighted by molar-refractivity contribution is 5.90. The fourth-order valence-corrected chi connectivity index (χ4v) is 3.11. The number of allylic oxidation sites excluding steroid dienone is 1. The predicted octanol–water partition coefficient (Wildman–Crippen LogP) is 2.14. The molecule has 2 heteroatoms. The van der Waals surface area contributed by atoms with Crippen molar-refractivity contribution in [2.24, 2.45) is 17.3 Å². The van der Waals surface area contributed by atoms with Crippen molar-refractivity contribution in [2.75, 3.05) is 0 Å². The monoisotopic (exact) mass is 192 g/mol. The average molecular weight is 192 g/mol. The Balaban J connectivity index is 2.39. The van der Waals surface area contributed by atoms with Crippen LogP contribution in [0.5, 0.6) is 0 Å². The topological polar surface area (TPSA) is 34.1 Å². The summed E-state index contributed by atoms with van der Waals surface area (Å²) in [5, 5.41) is 0. The molecule has 0 bridgehead atoms. The summed E-state index contributed by atoms with van der Waals surface area (Å²) in [5.41, 5.74) is 0.656. The summed E-state index contributed by atoms with van der Waals surface area (Å²) in [6, 6.07) is 0. The van der Waals surface area contributed by atoms with Crippen LogP contribution in [0.25, 0.3) is 0 Å². The van der Waals surface area contributed by atoms with Crippen molar-refractivity contribution < 1.29 is 9.59 Å². The van der Waals surface area contributed by atoms with Crippen LogP contribution in [-0.4, -0.2) is 12.1 Å². The van der Waals surface area contributed by atoms with E-state index in [0.717, 1.165) is 31.1 Å². The molecule has 0 spiro atoms. The van der Waals surface area contributed by atoms with E-state index in [4.69, 9.17) is 0 Å². The number of rotatable bonds is 1. The third kappa shape index (κ3) is 1.03. The van der Waals surface area contributed by atoms with Crippen molar-refractivity contribution >= 4 is 12.1 Å². The third-order valence-electron chi connectivity index (χ3n) is 4.21. The number of hydrogen-bond donors (Lipinski definition) is 0. The Hall–Kier alpha value is -0.920. The van der Waals surface area contributed by atoms with Gasteiger partial charge >= 0.3 is 0 Å². The van der Waals surface area contributed by atoms with E-state index in [9.17, 15) is 9.59 Å². The van der Waals surface area contributed by atoms with Crippen LogP contribution >= 0.6 is 0 Å². The highest BCUT2D eigenvalue weighted by Crippen LogP contribution is 2.54. The maximum atomic E-state index is 11.9. The van der Waals surface area contributed by atoms with Gasteiger partial charge in [0, 0.05) is 12.3 Å². The number of carbonyl (C=O) groups excluding carboxylic acids is 2. The second kappa shape index (κ2) is 3.04. The Morgan fingerprint density at radius 2 is 2.14 bits per heavy atom. The third-order valence-corrected chi connectivity index (χ3v) is 4.21. The molecule has 0 saturated heterocycles. The van der Waals surface area contributed by atoms with Gasteiger partial charge in [0.05, 0.1) is 5.41 Å². The second-order valence-electron chi connectivity index (χ2n) is 4.71. The van der Waals surface area contributed by atoms with Gasteiger partial charge < -0.3 is 4.79 Å². The van der Waals surface area contributed by atoms with E-state index < -0.39 is 0 Å². The molecule has 0 radical (unpaired) electrons. The van der Waals surface area contributed by atoms with Gasteiger partial charge in [-0.25, -0.2) is 0 Å². The molecule has 0 aliphatic heterocycles. The minimum atomic E-state index is -0.385. The first-order valence-corrected chi connectivity index (χ1v) is 5.27. The molecule has 2 nitrogen and oxygen atoms in total. The van der Waals surface area contributed by atoms with Crippen LogP contribution in [-0.2, 0) is 9.59 Å². The Kier molecular flexibility index (Phi) is 2.09. The normalized spacial score (nSPS) is 42.4. The van der Waals surface area contributed by atoms with Gasteiger partial charge in [0.15, 0.2) is 0 Å². The molecule has 2 fully saturated rings. The van der Waals surface area contributed by atoms with Crippen LogP contribution in [0.3, 0.4) is 0 Å². The first-order valence-electron chi connectivity index (χ1n) is 5.27. The lowest BCUT2D eigenvalue weighted by Crippen LogP contribution is -2.41. The van der Waals surface area contributed by atoms with E-state index in [1.165, 1.54) is 0 Å². The molecule has 2 aliphatic carbocycles. The highest BCUT2D eigenvalue weighted by Gasteiger charge is 2.52. The average Bonchev–Trinajstić information content (AvgIpc) is 2.48. The van der Waals surface area contributed by atoms with Gasteiger partial charge in [0.1, 0.15) is 12.1 Å². The molecular formula is C12H16O2. The lowest BCUT2D eigenvalue weighted by molar-refractivity contribution is -0.134. The molecule has 76 valence electrons. The molecule has 0 aromatic carbocycles. The maximum absolute atomic E-state index is 11.9. The number of hydrogen-bond acceptors (Lipinski definition) is 2. The summed E-state index contributed by atoms with van der Waals surface area (Å²) >= 11 is 0. The van der Waals surface area contributed by atoms with Crippen molar-refractivity contribution in [1.29, 1.82) is 0 Å². The van der Waals surface area contributed by atoms with E-state index in [1.54, 1.807) is 0 Å². The maximum Gasteiger partial charge on any atom is 0.143 e. The highest BCUT2D eigenvalue weighted by atomic mass is 16.1. The zero-order chi connectivity index (χ0) is 10.3. The number of aldehydes is 1. The predicted molar refractivity (Wildman–Crippen MR) is 53.8 cm³/mol. The van der Waals surface area contributed by atoms with Crippen LogP contribution in [0.4, 0.5) is 0 Å². The summed E-state index contributed by atoms with van der Waals surface area (Å²) in [6.45, 7) is 5.97. The fraction of sp³-hybridized carbons (Fsp3) is 0.667. The van der Waals surface area contributed by atoms with E-state index in [-0.39, 0.29) is 17.3 Å². The number of Topliss-reactive ketones (excluding diaryl/α,β-unsaturated/α-hetero) is 1. The van der Waals surface area contributed by atoms with Crippen molar-refractivity contribution in [2.45, 2.75) is 32.6 Å². The van der Waals surface area contributed by atoms with Gasteiger partial charge in [-0.1, -0.05) is 12.2 Å². The first-order chi connectivity index (χ1) is 6.60. The summed E-state index contributed by atoms with van der Waals surface area (Å²) in [7, 11) is 0. The van der Waals surface area contributed by atoms with Crippen LogP contribution < -0.4 is 0 Å². The lowest BCUT2D eigenvalue weighted by Gasteiger charge is -2.38. The zero-order valence-corrected chi connectivity index (χ0v) is 8.58. The molecule has 0 aromatic rings. The van der Waals surface area contributed by atoms with Gasteiger partial charge in [-0.2, -0.15) is 0 Å². The SMILES string of the molecule is C=C1CC[C@@H]2[C@H](C=O)CCC(=O)[C@]12C. The minimum Gasteiger partial charge on any atom is -0.303 e. The van der Waals surface area contributed by atoms with Gasteiger partial charge in [-0.3, -0.25) is 4.79 Å². The summed E-state index contributed by atoms with van der Waals surface area (Å²) in [6.07, 6.45) is 4.21. The molecule has 0 N–H and O–H groups in total. The number of ketones is 1. The number of carbonyl (C=O) groups is 2. The Morgan fingerprint density at radius 1 is 1.43 bits per heavy atom. The van der Waals surface area contributed by atoms with Crippen LogP contribution in [0.2, 0.25) is 0 Å². The van der Waals surface area contributed by atoms with Gasteiger partial charge in [0.2, 0.25) is 0 Å². The van der Waals surface area contributed by atoms with Gasteiger partial charge in [0.25, 0.3) is 0 Å². The lowest BCUT2D eigenvalue weighted by atomic mass is 9.63. The molecule has 0 unspecified atom stereocenters. The second-order valence-corrected chi connectivity index (χ2v) is 4.71. The largest absolute Gasteiger partial charge is 0.303 e. The fourth-order valence-electron chi connectivity index (χ4n) is 3.11. The summed E-state index contributed by atoms with van der Waals surface area (Å²) < 4.78 is 0. The molecular weight excluding hydrogens is 176 g/mol. The molecule has 14 heavy (non-hydrogen) atoms. The Bertz CT molecular complexity index is 305. The van der Waals surface area contributed by atoms with Crippen LogP contribution in [0.1, 0.15) is 32.6 Å². The smallest absolute Gasteiger partial charge is 0.143 e. The minimum absolute atomic E-state index is 0.0805. The van der Waals surface area contributed by atoms with Crippen LogP contribution in [0, 0.1) is 17.3 Å². The first kappa shape index (κ1) is 9.63. The standard InChI is InChI=1S/C12H16O2/c1-8-3-5-10-9(7-13)4-6-11(14)12(8,10)2/h7,9-10H,1,3-6H2,2H3/t9-,10+,12+/m0/s1. The van der Waals surface area contributed by atoms with Crippen LogP contribution in [0.15, 0.2) is 12.2 Å². The summed E-state index contributed by atoms with van der Waals surface area (Å²) in [5.74, 6) is 0.605. The van der Waals surface area contributed by atoms with E-state index in [1.807, 2.05) is 6.92 Å². The summed E-state index contributed by atoms with van der Waals surface area (Å²) in [4.78, 5) is 22.8. The van der Waals surface area contributed by atoms with E-state index in [0.29, 0.717) is 12.2 Å². The molecule has 0 aromatic heterocycles.